The fourth-order valence-electron chi connectivity index (χ4n) is 1.30. The summed E-state index contributed by atoms with van der Waals surface area (Å²) < 4.78 is 0. The van der Waals surface area contributed by atoms with E-state index in [4.69, 9.17) is 10.8 Å². The van der Waals surface area contributed by atoms with Gasteiger partial charge in [0, 0.05) is 17.7 Å². The van der Waals surface area contributed by atoms with Crippen LogP contribution in [0.15, 0.2) is 0 Å². The standard InChI is InChI=1S/C13H28N2O2/c1-7-13(6,8-9-16)15-10(17)11(2,3)12(4,5)14/h16H,7-9,14H2,1-6H3,(H,15,17). The lowest BCUT2D eigenvalue weighted by Crippen LogP contribution is -2.59. The summed E-state index contributed by atoms with van der Waals surface area (Å²) in [4.78, 5) is 12.3. The van der Waals surface area contributed by atoms with Gasteiger partial charge in [0.1, 0.15) is 0 Å². The van der Waals surface area contributed by atoms with Crippen LogP contribution in [0.2, 0.25) is 0 Å². The highest BCUT2D eigenvalue weighted by atomic mass is 16.3. The number of hydrogen-bond acceptors (Lipinski definition) is 3. The minimum atomic E-state index is -0.654. The smallest absolute Gasteiger partial charge is 0.227 e. The lowest BCUT2D eigenvalue weighted by Gasteiger charge is -2.40. The van der Waals surface area contributed by atoms with E-state index in [0.717, 1.165) is 6.42 Å². The number of aliphatic hydroxyl groups is 1. The summed E-state index contributed by atoms with van der Waals surface area (Å²) in [5.41, 5.74) is 4.43. The highest BCUT2D eigenvalue weighted by Gasteiger charge is 2.42. The van der Waals surface area contributed by atoms with Crippen LogP contribution in [0.5, 0.6) is 0 Å². The molecule has 0 saturated carbocycles. The second-order valence-corrected chi connectivity index (χ2v) is 6.19. The van der Waals surface area contributed by atoms with Crippen LogP contribution in [0.25, 0.3) is 0 Å². The lowest BCUT2D eigenvalue weighted by molar-refractivity contribution is -0.134. The number of carbonyl (C=O) groups is 1. The van der Waals surface area contributed by atoms with Gasteiger partial charge in [-0.2, -0.15) is 0 Å². The van der Waals surface area contributed by atoms with Crippen LogP contribution < -0.4 is 11.1 Å². The number of hydrogen-bond donors (Lipinski definition) is 3. The molecule has 0 fully saturated rings. The Bertz CT molecular complexity index is 269. The molecule has 1 atom stereocenters. The second-order valence-electron chi connectivity index (χ2n) is 6.19. The summed E-state index contributed by atoms with van der Waals surface area (Å²) in [7, 11) is 0. The molecular formula is C13H28N2O2. The quantitative estimate of drug-likeness (QED) is 0.661. The van der Waals surface area contributed by atoms with Crippen molar-refractivity contribution >= 4 is 5.91 Å². The number of nitrogens with two attached hydrogens (primary N) is 1. The number of amides is 1. The van der Waals surface area contributed by atoms with Crippen LogP contribution in [0.4, 0.5) is 0 Å². The van der Waals surface area contributed by atoms with Crippen molar-refractivity contribution in [1.82, 2.24) is 5.32 Å². The third-order valence-electron chi connectivity index (χ3n) is 4.04. The molecule has 17 heavy (non-hydrogen) atoms. The first kappa shape index (κ1) is 16.4. The Hall–Kier alpha value is -0.610. The Balaban J connectivity index is 4.85. The van der Waals surface area contributed by atoms with E-state index in [2.05, 4.69) is 5.32 Å². The Kier molecular flexibility index (Phi) is 5.16. The summed E-state index contributed by atoms with van der Waals surface area (Å²) in [5.74, 6) is -0.0669. The van der Waals surface area contributed by atoms with Gasteiger partial charge in [0.05, 0.1) is 5.41 Å². The molecule has 102 valence electrons. The minimum absolute atomic E-state index is 0.0665. The molecule has 0 aliphatic rings. The minimum Gasteiger partial charge on any atom is -0.396 e. The van der Waals surface area contributed by atoms with Gasteiger partial charge in [-0.15, -0.1) is 0 Å². The summed E-state index contributed by atoms with van der Waals surface area (Å²) in [5, 5.41) is 12.0. The van der Waals surface area contributed by atoms with Crippen molar-refractivity contribution in [3.05, 3.63) is 0 Å². The number of rotatable bonds is 6. The molecule has 0 radical (unpaired) electrons. The first-order valence-electron chi connectivity index (χ1n) is 6.22. The molecule has 0 aliphatic heterocycles. The SMILES string of the molecule is CCC(C)(CCO)NC(=O)C(C)(C)C(C)(C)N. The molecule has 0 heterocycles. The first-order chi connectivity index (χ1) is 7.50. The molecule has 0 bridgehead atoms. The van der Waals surface area contributed by atoms with Gasteiger partial charge in [-0.1, -0.05) is 6.92 Å². The highest BCUT2D eigenvalue weighted by molar-refractivity contribution is 5.84. The normalized spacial score (nSPS) is 16.5. The topological polar surface area (TPSA) is 75.3 Å². The Labute approximate surface area is 105 Å². The maximum Gasteiger partial charge on any atom is 0.227 e. The molecule has 1 amide bonds. The van der Waals surface area contributed by atoms with Gasteiger partial charge in [-0.3, -0.25) is 4.79 Å². The summed E-state index contributed by atoms with van der Waals surface area (Å²) in [6.07, 6.45) is 1.33. The molecule has 4 nitrogen and oxygen atoms in total. The van der Waals surface area contributed by atoms with E-state index in [1.807, 2.05) is 41.5 Å². The molecule has 0 rings (SSSR count). The van der Waals surface area contributed by atoms with Crippen molar-refractivity contribution in [2.24, 2.45) is 11.1 Å². The second kappa shape index (κ2) is 5.36. The lowest BCUT2D eigenvalue weighted by atomic mass is 9.74. The molecule has 0 aromatic heterocycles. The predicted molar refractivity (Wildman–Crippen MR) is 70.6 cm³/mol. The monoisotopic (exact) mass is 244 g/mol. The van der Waals surface area contributed by atoms with Crippen LogP contribution in [-0.2, 0) is 4.79 Å². The van der Waals surface area contributed by atoms with E-state index < -0.39 is 11.0 Å². The number of carbonyl (C=O) groups excluding carboxylic acids is 1. The molecule has 1 unspecified atom stereocenters. The fraction of sp³-hybridized carbons (Fsp3) is 0.923. The third-order valence-corrected chi connectivity index (χ3v) is 4.04. The fourth-order valence-corrected chi connectivity index (χ4v) is 1.30. The molecule has 0 aliphatic carbocycles. The number of aliphatic hydroxyl groups excluding tert-OH is 1. The van der Waals surface area contributed by atoms with E-state index in [-0.39, 0.29) is 18.1 Å². The van der Waals surface area contributed by atoms with E-state index in [1.165, 1.54) is 0 Å². The molecule has 0 aromatic rings. The Morgan fingerprint density at radius 3 is 2.00 bits per heavy atom. The van der Waals surface area contributed by atoms with Gasteiger partial charge >= 0.3 is 0 Å². The third kappa shape index (κ3) is 3.96. The zero-order valence-electron chi connectivity index (χ0n) is 12.1. The van der Waals surface area contributed by atoms with E-state index in [1.54, 1.807) is 0 Å². The van der Waals surface area contributed by atoms with Crippen molar-refractivity contribution < 1.29 is 9.90 Å². The van der Waals surface area contributed by atoms with E-state index in [0.29, 0.717) is 6.42 Å². The van der Waals surface area contributed by atoms with Gasteiger partial charge in [0.2, 0.25) is 5.91 Å². The molecule has 0 spiro atoms. The maximum atomic E-state index is 12.3. The average Bonchev–Trinajstić information content (AvgIpc) is 2.16. The molecule has 4 N–H and O–H groups in total. The zero-order valence-corrected chi connectivity index (χ0v) is 12.1. The molecular weight excluding hydrogens is 216 g/mol. The van der Waals surface area contributed by atoms with Gasteiger partial charge in [0.15, 0.2) is 0 Å². The average molecular weight is 244 g/mol. The predicted octanol–water partition coefficient (Wildman–Crippen LogP) is 1.42. The molecule has 0 saturated heterocycles. The first-order valence-corrected chi connectivity index (χ1v) is 6.22. The van der Waals surface area contributed by atoms with Crippen LogP contribution >= 0.6 is 0 Å². The van der Waals surface area contributed by atoms with Crippen LogP contribution in [0.1, 0.15) is 54.4 Å². The zero-order chi connectivity index (χ0) is 13.9. The van der Waals surface area contributed by atoms with Gasteiger partial charge in [-0.05, 0) is 47.5 Å². The Morgan fingerprint density at radius 1 is 1.24 bits per heavy atom. The van der Waals surface area contributed by atoms with Gasteiger partial charge < -0.3 is 16.2 Å². The van der Waals surface area contributed by atoms with Crippen molar-refractivity contribution in [3.63, 3.8) is 0 Å². The van der Waals surface area contributed by atoms with Crippen molar-refractivity contribution in [1.29, 1.82) is 0 Å². The van der Waals surface area contributed by atoms with Crippen LogP contribution in [0, 0.1) is 5.41 Å². The summed E-state index contributed by atoms with van der Waals surface area (Å²) >= 11 is 0. The summed E-state index contributed by atoms with van der Waals surface area (Å²) in [6, 6.07) is 0. The van der Waals surface area contributed by atoms with Crippen molar-refractivity contribution in [2.75, 3.05) is 6.61 Å². The van der Waals surface area contributed by atoms with Crippen LogP contribution in [-0.4, -0.2) is 28.7 Å². The highest BCUT2D eigenvalue weighted by Crippen LogP contribution is 2.29. The van der Waals surface area contributed by atoms with E-state index >= 15 is 0 Å². The molecule has 0 aromatic carbocycles. The van der Waals surface area contributed by atoms with Crippen LogP contribution in [0.3, 0.4) is 0 Å². The largest absolute Gasteiger partial charge is 0.396 e. The molecule has 4 heteroatoms. The van der Waals surface area contributed by atoms with Gasteiger partial charge in [0.25, 0.3) is 0 Å². The van der Waals surface area contributed by atoms with E-state index in [9.17, 15) is 4.79 Å². The van der Waals surface area contributed by atoms with Crippen molar-refractivity contribution in [3.8, 4) is 0 Å². The van der Waals surface area contributed by atoms with Gasteiger partial charge in [-0.25, -0.2) is 0 Å². The number of nitrogens with one attached hydrogen (secondary N) is 1. The Morgan fingerprint density at radius 2 is 1.71 bits per heavy atom. The summed E-state index contributed by atoms with van der Waals surface area (Å²) in [6.45, 7) is 11.4. The maximum absolute atomic E-state index is 12.3. The van der Waals surface area contributed by atoms with Crippen molar-refractivity contribution in [2.45, 2.75) is 65.5 Å².